The molecule has 1 aromatic carbocycles. The number of amides is 1. The lowest BCUT2D eigenvalue weighted by atomic mass is 9.98. The minimum atomic E-state index is -0.108. The van der Waals surface area contributed by atoms with Crippen LogP contribution in [0.5, 0.6) is 0 Å². The lowest BCUT2D eigenvalue weighted by Gasteiger charge is -2.32. The third-order valence-corrected chi connectivity index (χ3v) is 6.41. The van der Waals surface area contributed by atoms with E-state index in [4.69, 9.17) is 4.74 Å². The number of thioether (sulfide) groups is 1. The number of carbonyl (C=O) groups excluding carboxylic acids is 2. The van der Waals surface area contributed by atoms with Crippen LogP contribution in [0.2, 0.25) is 0 Å². The summed E-state index contributed by atoms with van der Waals surface area (Å²) in [5, 5.41) is 0. The second kappa shape index (κ2) is 14.5. The van der Waals surface area contributed by atoms with Gasteiger partial charge in [0, 0.05) is 28.8 Å². The van der Waals surface area contributed by atoms with E-state index >= 15 is 0 Å². The Morgan fingerprint density at radius 1 is 1.23 bits per heavy atom. The van der Waals surface area contributed by atoms with Gasteiger partial charge >= 0.3 is 5.97 Å². The van der Waals surface area contributed by atoms with E-state index in [1.165, 1.54) is 12.8 Å². The van der Waals surface area contributed by atoms with Crippen molar-refractivity contribution in [2.45, 2.75) is 91.0 Å². The summed E-state index contributed by atoms with van der Waals surface area (Å²) in [5.41, 5.74) is 1.94. The third-order valence-electron chi connectivity index (χ3n) is 5.41. The van der Waals surface area contributed by atoms with Crippen LogP contribution in [0.15, 0.2) is 23.1 Å². The summed E-state index contributed by atoms with van der Waals surface area (Å²) in [6.07, 6.45) is 5.89. The van der Waals surface area contributed by atoms with Gasteiger partial charge in [-0.1, -0.05) is 47.0 Å². The first kappa shape index (κ1) is 26.5. The summed E-state index contributed by atoms with van der Waals surface area (Å²) in [4.78, 5) is 27.6. The van der Waals surface area contributed by atoms with Gasteiger partial charge in [0.2, 0.25) is 0 Å². The molecule has 1 atom stereocenters. The maximum Gasteiger partial charge on any atom is 0.306 e. The Bertz CT molecular complexity index is 660. The zero-order valence-electron chi connectivity index (χ0n) is 19.8. The fourth-order valence-electron chi connectivity index (χ4n) is 3.50. The minimum absolute atomic E-state index is 0.108. The predicted octanol–water partition coefficient (Wildman–Crippen LogP) is 6.36. The zero-order chi connectivity index (χ0) is 22.5. The molecule has 1 amide bonds. The number of fused-ring (bicyclic) bond motifs is 1. The van der Waals surface area contributed by atoms with Crippen molar-refractivity contribution in [2.75, 3.05) is 18.9 Å². The van der Waals surface area contributed by atoms with Crippen LogP contribution in [-0.4, -0.2) is 41.7 Å². The van der Waals surface area contributed by atoms with E-state index in [-0.39, 0.29) is 17.9 Å². The molecule has 0 aliphatic carbocycles. The molecule has 0 fully saturated rings. The summed E-state index contributed by atoms with van der Waals surface area (Å²) in [6, 6.07) is 6.27. The Balaban J connectivity index is 0.00000218. The van der Waals surface area contributed by atoms with E-state index < -0.39 is 0 Å². The molecule has 0 radical (unpaired) electrons. The highest BCUT2D eigenvalue weighted by Gasteiger charge is 2.26. The predicted molar refractivity (Wildman–Crippen MR) is 127 cm³/mol. The van der Waals surface area contributed by atoms with Crippen LogP contribution in [0.1, 0.15) is 89.6 Å². The second-order valence-corrected chi connectivity index (χ2v) is 9.03. The highest BCUT2D eigenvalue weighted by atomic mass is 32.2. The van der Waals surface area contributed by atoms with Crippen molar-refractivity contribution in [1.82, 2.24) is 4.90 Å². The summed E-state index contributed by atoms with van der Waals surface area (Å²) in [7, 11) is 0. The number of hydrogen-bond acceptors (Lipinski definition) is 4. The van der Waals surface area contributed by atoms with Crippen LogP contribution in [0.3, 0.4) is 0 Å². The molecular formula is C25H41NO3S. The zero-order valence-corrected chi connectivity index (χ0v) is 20.6. The second-order valence-electron chi connectivity index (χ2n) is 7.86. The van der Waals surface area contributed by atoms with Gasteiger partial charge in [-0.25, -0.2) is 0 Å². The number of benzene rings is 1. The number of ether oxygens (including phenoxy) is 1. The first-order valence-electron chi connectivity index (χ1n) is 11.7. The van der Waals surface area contributed by atoms with E-state index in [2.05, 4.69) is 33.8 Å². The molecule has 1 aromatic rings. The molecule has 1 aliphatic heterocycles. The van der Waals surface area contributed by atoms with Gasteiger partial charge in [-0.3, -0.25) is 9.59 Å². The van der Waals surface area contributed by atoms with Crippen LogP contribution in [0, 0.1) is 5.92 Å². The fourth-order valence-corrected chi connectivity index (χ4v) is 4.39. The normalized spacial score (nSPS) is 14.1. The maximum absolute atomic E-state index is 12.5. The van der Waals surface area contributed by atoms with Crippen molar-refractivity contribution in [2.24, 2.45) is 5.92 Å². The topological polar surface area (TPSA) is 46.6 Å². The van der Waals surface area contributed by atoms with Gasteiger partial charge in [-0.15, -0.1) is 11.8 Å². The van der Waals surface area contributed by atoms with Crippen molar-refractivity contribution in [1.29, 1.82) is 0 Å². The number of carbonyl (C=O) groups is 2. The van der Waals surface area contributed by atoms with Gasteiger partial charge in [0.15, 0.2) is 0 Å². The average molecular weight is 436 g/mol. The van der Waals surface area contributed by atoms with E-state index in [0.29, 0.717) is 24.7 Å². The summed E-state index contributed by atoms with van der Waals surface area (Å²) >= 11 is 1.66. The lowest BCUT2D eigenvalue weighted by molar-refractivity contribution is -0.144. The number of hydrogen-bond donors (Lipinski definition) is 0. The van der Waals surface area contributed by atoms with E-state index in [1.807, 2.05) is 30.9 Å². The van der Waals surface area contributed by atoms with E-state index in [9.17, 15) is 9.59 Å². The van der Waals surface area contributed by atoms with Crippen molar-refractivity contribution in [3.63, 3.8) is 0 Å². The molecule has 170 valence electrons. The van der Waals surface area contributed by atoms with Gasteiger partial charge < -0.3 is 9.64 Å². The minimum Gasteiger partial charge on any atom is -0.465 e. The van der Waals surface area contributed by atoms with Crippen LogP contribution in [-0.2, 0) is 16.0 Å². The number of nitrogens with zero attached hydrogens (tertiary/aromatic N) is 1. The molecule has 0 spiro atoms. The lowest BCUT2D eigenvalue weighted by Crippen LogP contribution is -2.42. The van der Waals surface area contributed by atoms with Crippen LogP contribution >= 0.6 is 11.8 Å². The largest absolute Gasteiger partial charge is 0.465 e. The van der Waals surface area contributed by atoms with Crippen LogP contribution < -0.4 is 0 Å². The molecule has 30 heavy (non-hydrogen) atoms. The molecule has 0 aromatic heterocycles. The molecule has 5 heteroatoms. The monoisotopic (exact) mass is 435 g/mol. The Morgan fingerprint density at radius 2 is 1.97 bits per heavy atom. The fraction of sp³-hybridized carbons (Fsp3) is 0.680. The van der Waals surface area contributed by atoms with Gasteiger partial charge in [0.05, 0.1) is 13.0 Å². The Morgan fingerprint density at radius 3 is 2.60 bits per heavy atom. The SMILES string of the molecule is CC.CCCCC(CC)COC(=O)CCSc1ccc2c(c1)CCN(C(C)C)C2=O. The Labute approximate surface area is 188 Å². The Kier molecular flexibility index (Phi) is 12.8. The number of esters is 1. The molecule has 1 aliphatic rings. The van der Waals surface area contributed by atoms with Crippen molar-refractivity contribution < 1.29 is 14.3 Å². The highest BCUT2D eigenvalue weighted by molar-refractivity contribution is 7.99. The molecule has 0 bridgehead atoms. The molecular weight excluding hydrogens is 394 g/mol. The van der Waals surface area contributed by atoms with Gasteiger partial charge in [0.1, 0.15) is 0 Å². The molecule has 1 heterocycles. The first-order valence-corrected chi connectivity index (χ1v) is 12.7. The van der Waals surface area contributed by atoms with E-state index in [1.54, 1.807) is 11.8 Å². The van der Waals surface area contributed by atoms with Crippen molar-refractivity contribution in [3.8, 4) is 0 Å². The summed E-state index contributed by atoms with van der Waals surface area (Å²) in [5.74, 6) is 1.21. The molecule has 4 nitrogen and oxygen atoms in total. The maximum atomic E-state index is 12.5. The smallest absolute Gasteiger partial charge is 0.306 e. The van der Waals surface area contributed by atoms with Crippen molar-refractivity contribution >= 4 is 23.6 Å². The van der Waals surface area contributed by atoms with Crippen LogP contribution in [0.4, 0.5) is 0 Å². The quantitative estimate of drug-likeness (QED) is 0.300. The number of rotatable bonds is 11. The van der Waals surface area contributed by atoms with Gasteiger partial charge in [-0.2, -0.15) is 0 Å². The third kappa shape index (κ3) is 8.33. The molecule has 0 N–H and O–H groups in total. The molecule has 2 rings (SSSR count). The Hall–Kier alpha value is -1.49. The van der Waals surface area contributed by atoms with Gasteiger partial charge in [-0.05, 0) is 56.4 Å². The first-order chi connectivity index (χ1) is 14.5. The van der Waals surface area contributed by atoms with E-state index in [0.717, 1.165) is 41.8 Å². The standard InChI is InChI=1S/C23H35NO3S.C2H6/c1-5-7-8-18(6-2)16-27-22(25)12-14-28-20-9-10-21-19(15-20)11-13-24(17(3)4)23(21)26;1-2/h9-10,15,17-18H,5-8,11-14,16H2,1-4H3;1-2H3. The summed E-state index contributed by atoms with van der Waals surface area (Å²) < 4.78 is 5.47. The molecule has 0 saturated heterocycles. The average Bonchev–Trinajstić information content (AvgIpc) is 2.75. The van der Waals surface area contributed by atoms with Crippen molar-refractivity contribution in [3.05, 3.63) is 29.3 Å². The number of unbranched alkanes of at least 4 members (excludes halogenated alkanes) is 1. The molecule has 0 saturated carbocycles. The van der Waals surface area contributed by atoms with Gasteiger partial charge in [0.25, 0.3) is 5.91 Å². The highest BCUT2D eigenvalue weighted by Crippen LogP contribution is 2.27. The van der Waals surface area contributed by atoms with Crippen LogP contribution in [0.25, 0.3) is 0 Å². The summed E-state index contributed by atoms with van der Waals surface area (Å²) in [6.45, 7) is 13.8. The molecule has 1 unspecified atom stereocenters.